The van der Waals surface area contributed by atoms with Crippen LogP contribution in [0.4, 0.5) is 0 Å². The van der Waals surface area contributed by atoms with Crippen molar-refractivity contribution in [3.63, 3.8) is 0 Å². The van der Waals surface area contributed by atoms with Crippen LogP contribution < -0.4 is 5.32 Å². The van der Waals surface area contributed by atoms with Crippen LogP contribution in [0, 0.1) is 13.5 Å². The highest BCUT2D eigenvalue weighted by atomic mass is 16.4. The molecule has 0 aromatic heterocycles. The van der Waals surface area contributed by atoms with Crippen LogP contribution in [0.2, 0.25) is 0 Å². The molecule has 0 aromatic rings. The molecule has 0 fully saturated rings. The van der Waals surface area contributed by atoms with Crippen molar-refractivity contribution in [2.75, 3.05) is 6.54 Å². The smallest absolute Gasteiger partial charge is 0.317 e. The van der Waals surface area contributed by atoms with Crippen LogP contribution >= 0.6 is 0 Å². The number of hydrogen-bond donors (Lipinski definition) is 2. The van der Waals surface area contributed by atoms with Gasteiger partial charge in [-0.3, -0.25) is 10.1 Å². The molecule has 51 valence electrons. The second kappa shape index (κ2) is 5.56. The molecular weight excluding hydrogens is 118 g/mol. The Balaban J connectivity index is 2.83. The first-order valence-corrected chi connectivity index (χ1v) is 2.74. The van der Waals surface area contributed by atoms with Gasteiger partial charge in [0.05, 0.1) is 13.1 Å². The molecule has 3 nitrogen and oxygen atoms in total. The Labute approximate surface area is 55.1 Å². The van der Waals surface area contributed by atoms with E-state index in [0.717, 1.165) is 6.42 Å². The maximum atomic E-state index is 9.84. The lowest BCUT2D eigenvalue weighted by atomic mass is 10.3. The van der Waals surface area contributed by atoms with Gasteiger partial charge in [0, 0.05) is 0 Å². The Kier molecular flexibility index (Phi) is 5.21. The molecule has 0 saturated carbocycles. The number of nitrogens with one attached hydrogen (secondary N) is 1. The predicted molar refractivity (Wildman–Crippen MR) is 33.5 cm³/mol. The lowest BCUT2D eigenvalue weighted by Crippen LogP contribution is -2.19. The highest BCUT2D eigenvalue weighted by Crippen LogP contribution is 1.85. The van der Waals surface area contributed by atoms with Crippen molar-refractivity contribution < 1.29 is 9.90 Å². The number of unbranched alkanes of at least 4 members (excludes halogenated alkanes) is 1. The van der Waals surface area contributed by atoms with Crippen LogP contribution in [0.5, 0.6) is 0 Å². The van der Waals surface area contributed by atoms with Gasteiger partial charge in [0.1, 0.15) is 0 Å². The zero-order chi connectivity index (χ0) is 7.11. The lowest BCUT2D eigenvalue weighted by molar-refractivity contribution is -0.135. The van der Waals surface area contributed by atoms with Crippen LogP contribution in [0.25, 0.3) is 0 Å². The van der Waals surface area contributed by atoms with Gasteiger partial charge in [-0.05, 0) is 6.42 Å². The Morgan fingerprint density at radius 3 is 2.89 bits per heavy atom. The van der Waals surface area contributed by atoms with Gasteiger partial charge in [-0.15, -0.1) is 0 Å². The molecule has 3 radical (unpaired) electrons. The van der Waals surface area contributed by atoms with Crippen molar-refractivity contribution in [2.24, 2.45) is 0 Å². The van der Waals surface area contributed by atoms with E-state index >= 15 is 0 Å². The maximum absolute atomic E-state index is 9.84. The molecule has 9 heavy (non-hydrogen) atoms. The Bertz CT molecular complexity index is 83.1. The lowest BCUT2D eigenvalue weighted by Gasteiger charge is -1.95. The first kappa shape index (κ1) is 8.43. The third-order valence-electron chi connectivity index (χ3n) is 0.666. The van der Waals surface area contributed by atoms with Crippen molar-refractivity contribution in [1.29, 1.82) is 0 Å². The molecule has 0 bridgehead atoms. The van der Waals surface area contributed by atoms with Crippen LogP contribution in [0.1, 0.15) is 12.8 Å². The average Bonchev–Trinajstić information content (AvgIpc) is 1.80. The number of carboxylic acids is 1. The van der Waals surface area contributed by atoms with E-state index in [1.807, 2.05) is 0 Å². The number of aliphatic carboxylic acids is 1. The fourth-order valence-electron chi connectivity index (χ4n) is 0.315. The van der Waals surface area contributed by atoms with Gasteiger partial charge in [-0.1, -0.05) is 13.3 Å². The fraction of sp³-hybridized carbons (Fsp3) is 0.500. The minimum absolute atomic E-state index is 0.0556. The summed E-state index contributed by atoms with van der Waals surface area (Å²) in [7, 11) is 0. The SMILES string of the molecule is [CH2]CC[C]NCC(=O)O. The molecule has 3 heteroatoms. The van der Waals surface area contributed by atoms with Gasteiger partial charge in [-0.25, -0.2) is 0 Å². The number of hydrogen-bond acceptors (Lipinski definition) is 2. The molecule has 0 rings (SSSR count). The Morgan fingerprint density at radius 1 is 1.78 bits per heavy atom. The maximum Gasteiger partial charge on any atom is 0.317 e. The summed E-state index contributed by atoms with van der Waals surface area (Å²) in [5, 5.41) is 10.6. The van der Waals surface area contributed by atoms with E-state index in [1.165, 1.54) is 0 Å². The average molecular weight is 128 g/mol. The van der Waals surface area contributed by atoms with Crippen molar-refractivity contribution in [2.45, 2.75) is 12.8 Å². The van der Waals surface area contributed by atoms with Gasteiger partial charge < -0.3 is 5.11 Å². The van der Waals surface area contributed by atoms with Crippen molar-refractivity contribution in [3.8, 4) is 0 Å². The molecule has 0 spiro atoms. The molecule has 0 aliphatic rings. The third-order valence-corrected chi connectivity index (χ3v) is 0.666. The van der Waals surface area contributed by atoms with Crippen LogP contribution in [0.15, 0.2) is 0 Å². The highest BCUT2D eigenvalue weighted by Gasteiger charge is 1.92. The molecule has 0 aliphatic heterocycles. The zero-order valence-corrected chi connectivity index (χ0v) is 5.18. The summed E-state index contributed by atoms with van der Waals surface area (Å²) in [6.07, 6.45) is 1.43. The normalized spacial score (nSPS) is 9.44. The van der Waals surface area contributed by atoms with Crippen LogP contribution in [-0.4, -0.2) is 17.6 Å². The van der Waals surface area contributed by atoms with Crippen molar-refractivity contribution in [3.05, 3.63) is 13.5 Å². The predicted octanol–water partition coefficient (Wildman–Crippen LogP) is 0.314. The van der Waals surface area contributed by atoms with Gasteiger partial charge in [-0.2, -0.15) is 0 Å². The van der Waals surface area contributed by atoms with Gasteiger partial charge >= 0.3 is 5.97 Å². The quantitative estimate of drug-likeness (QED) is 0.414. The van der Waals surface area contributed by atoms with Gasteiger partial charge in [0.2, 0.25) is 0 Å². The minimum Gasteiger partial charge on any atom is -0.480 e. The number of carboxylic acid groups (broad SMARTS) is 1. The summed E-state index contributed by atoms with van der Waals surface area (Å²) in [5.41, 5.74) is 0. The first-order chi connectivity index (χ1) is 4.27. The standard InChI is InChI=1S/C6H10NO2/c1-2-3-4-7-5-6(8)9/h7H,1-3,5H2,(H,8,9). The van der Waals surface area contributed by atoms with Crippen LogP contribution in [-0.2, 0) is 4.79 Å². The van der Waals surface area contributed by atoms with Crippen LogP contribution in [0.3, 0.4) is 0 Å². The molecule has 0 atom stereocenters. The van der Waals surface area contributed by atoms with Gasteiger partial charge in [0.15, 0.2) is 0 Å². The summed E-state index contributed by atoms with van der Waals surface area (Å²) in [6.45, 7) is 6.17. The molecule has 2 N–H and O–H groups in total. The van der Waals surface area contributed by atoms with E-state index in [1.54, 1.807) is 0 Å². The van der Waals surface area contributed by atoms with E-state index in [0.29, 0.717) is 6.42 Å². The molecule has 0 amide bonds. The third kappa shape index (κ3) is 7.43. The highest BCUT2D eigenvalue weighted by molar-refractivity contribution is 5.69. The molecule has 0 heterocycles. The summed E-state index contributed by atoms with van der Waals surface area (Å²) in [6, 6.07) is 0. The number of carbonyl (C=O) groups is 1. The second-order valence-corrected chi connectivity index (χ2v) is 1.53. The number of rotatable bonds is 5. The van der Waals surface area contributed by atoms with Crippen molar-refractivity contribution >= 4 is 5.97 Å². The van der Waals surface area contributed by atoms with Crippen molar-refractivity contribution in [1.82, 2.24) is 5.32 Å². The molecular formula is C6H10NO2. The summed E-state index contributed by atoms with van der Waals surface area (Å²) in [5.74, 6) is -0.869. The topological polar surface area (TPSA) is 49.3 Å². The molecule has 0 unspecified atom stereocenters. The van der Waals surface area contributed by atoms with E-state index in [2.05, 4.69) is 18.8 Å². The molecule has 0 aromatic carbocycles. The fourth-order valence-corrected chi connectivity index (χ4v) is 0.315. The first-order valence-electron chi connectivity index (χ1n) is 2.74. The largest absolute Gasteiger partial charge is 0.480 e. The van der Waals surface area contributed by atoms with E-state index < -0.39 is 5.97 Å². The van der Waals surface area contributed by atoms with Gasteiger partial charge in [0.25, 0.3) is 0 Å². The summed E-state index contributed by atoms with van der Waals surface area (Å²) < 4.78 is 0. The minimum atomic E-state index is -0.869. The zero-order valence-electron chi connectivity index (χ0n) is 5.18. The Hall–Kier alpha value is -0.570. The summed E-state index contributed by atoms with van der Waals surface area (Å²) in [4.78, 5) is 9.84. The molecule has 0 aliphatic carbocycles. The monoisotopic (exact) mass is 128 g/mol. The Morgan fingerprint density at radius 2 is 2.44 bits per heavy atom. The second-order valence-electron chi connectivity index (χ2n) is 1.53. The van der Waals surface area contributed by atoms with E-state index in [4.69, 9.17) is 5.11 Å². The summed E-state index contributed by atoms with van der Waals surface area (Å²) >= 11 is 0. The van der Waals surface area contributed by atoms with E-state index in [9.17, 15) is 4.79 Å². The van der Waals surface area contributed by atoms with E-state index in [-0.39, 0.29) is 6.54 Å². The molecule has 0 saturated heterocycles.